The van der Waals surface area contributed by atoms with E-state index in [-0.39, 0.29) is 6.04 Å². The zero-order valence-electron chi connectivity index (χ0n) is 6.55. The third kappa shape index (κ3) is 1.11. The Bertz CT molecular complexity index is 325. The molecular weight excluding hydrogens is 265 g/mol. The second-order valence-corrected chi connectivity index (χ2v) is 4.27. The fourth-order valence-electron chi connectivity index (χ4n) is 1.73. The zero-order chi connectivity index (χ0) is 8.72. The highest BCUT2D eigenvalue weighted by molar-refractivity contribution is 14.1. The van der Waals surface area contributed by atoms with Gasteiger partial charge in [0.05, 0.1) is 0 Å². The minimum absolute atomic E-state index is 0.124. The van der Waals surface area contributed by atoms with E-state index in [1.807, 2.05) is 6.07 Å². The highest BCUT2D eigenvalue weighted by atomic mass is 127. The fourth-order valence-corrected chi connectivity index (χ4v) is 2.64. The monoisotopic (exact) mass is 275 g/mol. The summed E-state index contributed by atoms with van der Waals surface area (Å²) in [6.45, 7) is 0. The van der Waals surface area contributed by atoms with Gasteiger partial charge in [0.2, 0.25) is 0 Å². The number of phenols is 1. The van der Waals surface area contributed by atoms with Crippen molar-refractivity contribution in [3.8, 4) is 5.75 Å². The van der Waals surface area contributed by atoms with Crippen molar-refractivity contribution >= 4 is 22.6 Å². The second-order valence-electron chi connectivity index (χ2n) is 3.10. The topological polar surface area (TPSA) is 46.2 Å². The summed E-state index contributed by atoms with van der Waals surface area (Å²) in [7, 11) is 0. The van der Waals surface area contributed by atoms with Crippen molar-refractivity contribution < 1.29 is 5.11 Å². The van der Waals surface area contributed by atoms with Crippen LogP contribution < -0.4 is 5.73 Å². The van der Waals surface area contributed by atoms with Crippen LogP contribution in [0, 0.1) is 3.57 Å². The Labute approximate surface area is 84.9 Å². The lowest BCUT2D eigenvalue weighted by Crippen LogP contribution is -2.06. The van der Waals surface area contributed by atoms with Crippen LogP contribution in [0.25, 0.3) is 0 Å². The first kappa shape index (κ1) is 8.31. The number of halogens is 1. The first-order valence-electron chi connectivity index (χ1n) is 3.96. The molecule has 2 rings (SSSR count). The molecule has 12 heavy (non-hydrogen) atoms. The van der Waals surface area contributed by atoms with E-state index in [4.69, 9.17) is 5.73 Å². The minimum Gasteiger partial charge on any atom is -0.508 e. The molecule has 1 aromatic carbocycles. The SMILES string of the molecule is N[C@@H]1CCc2c(O)ccc(I)c21. The molecule has 0 unspecified atom stereocenters. The number of aromatic hydroxyl groups is 1. The molecule has 1 atom stereocenters. The third-order valence-corrected chi connectivity index (χ3v) is 3.30. The first-order valence-corrected chi connectivity index (χ1v) is 5.04. The van der Waals surface area contributed by atoms with Gasteiger partial charge in [-0.25, -0.2) is 0 Å². The van der Waals surface area contributed by atoms with Gasteiger partial charge in [0.25, 0.3) is 0 Å². The van der Waals surface area contributed by atoms with Crippen LogP contribution in [-0.4, -0.2) is 5.11 Å². The third-order valence-electron chi connectivity index (χ3n) is 2.36. The summed E-state index contributed by atoms with van der Waals surface area (Å²) in [5, 5.41) is 9.51. The number of benzene rings is 1. The maximum Gasteiger partial charge on any atom is 0.119 e. The Balaban J connectivity index is 2.64. The number of hydrogen-bond donors (Lipinski definition) is 2. The van der Waals surface area contributed by atoms with Crippen LogP contribution in [0.4, 0.5) is 0 Å². The summed E-state index contributed by atoms with van der Waals surface area (Å²) in [5.74, 6) is 0.401. The smallest absolute Gasteiger partial charge is 0.119 e. The highest BCUT2D eigenvalue weighted by Crippen LogP contribution is 2.37. The van der Waals surface area contributed by atoms with Crippen molar-refractivity contribution in [2.75, 3.05) is 0 Å². The molecule has 3 heteroatoms. The number of hydrogen-bond acceptors (Lipinski definition) is 2. The number of nitrogens with two attached hydrogens (primary N) is 1. The Morgan fingerprint density at radius 1 is 1.50 bits per heavy atom. The van der Waals surface area contributed by atoms with Gasteiger partial charge < -0.3 is 10.8 Å². The van der Waals surface area contributed by atoms with Gasteiger partial charge >= 0.3 is 0 Å². The summed E-state index contributed by atoms with van der Waals surface area (Å²) in [5.41, 5.74) is 8.10. The Morgan fingerprint density at radius 3 is 2.92 bits per heavy atom. The van der Waals surface area contributed by atoms with Gasteiger partial charge in [0.1, 0.15) is 5.75 Å². The molecule has 0 fully saturated rings. The van der Waals surface area contributed by atoms with Crippen LogP contribution in [0.3, 0.4) is 0 Å². The normalized spacial score (nSPS) is 21.0. The molecule has 1 aromatic rings. The number of fused-ring (bicyclic) bond motifs is 1. The molecule has 0 bridgehead atoms. The molecule has 1 aliphatic carbocycles. The van der Waals surface area contributed by atoms with Crippen molar-refractivity contribution in [3.05, 3.63) is 26.8 Å². The van der Waals surface area contributed by atoms with Gasteiger partial charge in [-0.2, -0.15) is 0 Å². The van der Waals surface area contributed by atoms with Crippen LogP contribution in [0.1, 0.15) is 23.6 Å². The average molecular weight is 275 g/mol. The molecule has 1 aliphatic rings. The highest BCUT2D eigenvalue weighted by Gasteiger charge is 2.23. The van der Waals surface area contributed by atoms with E-state index in [1.54, 1.807) is 6.07 Å². The first-order chi connectivity index (χ1) is 5.70. The summed E-state index contributed by atoms with van der Waals surface area (Å²) in [6, 6.07) is 3.79. The van der Waals surface area contributed by atoms with Crippen molar-refractivity contribution in [1.82, 2.24) is 0 Å². The Kier molecular flexibility index (Phi) is 2.00. The Morgan fingerprint density at radius 2 is 2.25 bits per heavy atom. The standard InChI is InChI=1S/C9H10INO/c10-6-2-4-8(12)5-1-3-7(11)9(5)6/h2,4,7,12H,1,3,11H2/t7-/m1/s1. The van der Waals surface area contributed by atoms with Gasteiger partial charge in [0.15, 0.2) is 0 Å². The average Bonchev–Trinajstić information content (AvgIpc) is 2.42. The molecule has 0 saturated carbocycles. The van der Waals surface area contributed by atoms with Crippen LogP contribution in [0.2, 0.25) is 0 Å². The van der Waals surface area contributed by atoms with Gasteiger partial charge in [0, 0.05) is 9.61 Å². The zero-order valence-corrected chi connectivity index (χ0v) is 8.71. The predicted octanol–water partition coefficient (Wildman–Crippen LogP) is 1.94. The number of rotatable bonds is 0. The van der Waals surface area contributed by atoms with E-state index < -0.39 is 0 Å². The van der Waals surface area contributed by atoms with Crippen LogP contribution >= 0.6 is 22.6 Å². The van der Waals surface area contributed by atoms with Gasteiger partial charge in [-0.15, -0.1) is 0 Å². The van der Waals surface area contributed by atoms with Gasteiger partial charge in [-0.3, -0.25) is 0 Å². The summed E-state index contributed by atoms with van der Waals surface area (Å²) in [4.78, 5) is 0. The summed E-state index contributed by atoms with van der Waals surface area (Å²) < 4.78 is 1.17. The quantitative estimate of drug-likeness (QED) is 0.711. The molecule has 0 spiro atoms. The largest absolute Gasteiger partial charge is 0.508 e. The van der Waals surface area contributed by atoms with Crippen molar-refractivity contribution in [2.24, 2.45) is 5.73 Å². The maximum atomic E-state index is 9.51. The van der Waals surface area contributed by atoms with E-state index >= 15 is 0 Å². The lowest BCUT2D eigenvalue weighted by Gasteiger charge is -2.08. The van der Waals surface area contributed by atoms with Crippen molar-refractivity contribution in [3.63, 3.8) is 0 Å². The Hall–Kier alpha value is -0.290. The molecule has 64 valence electrons. The molecule has 2 nitrogen and oxygen atoms in total. The van der Waals surface area contributed by atoms with Crippen molar-refractivity contribution in [2.45, 2.75) is 18.9 Å². The van der Waals surface area contributed by atoms with E-state index in [2.05, 4.69) is 22.6 Å². The maximum absolute atomic E-state index is 9.51. The summed E-state index contributed by atoms with van der Waals surface area (Å²) >= 11 is 2.27. The van der Waals surface area contributed by atoms with Gasteiger partial charge in [-0.05, 0) is 58.7 Å². The van der Waals surface area contributed by atoms with E-state index in [1.165, 1.54) is 3.57 Å². The molecule has 0 aliphatic heterocycles. The molecule has 0 amide bonds. The minimum atomic E-state index is 0.124. The van der Waals surface area contributed by atoms with Gasteiger partial charge in [-0.1, -0.05) is 0 Å². The van der Waals surface area contributed by atoms with Crippen LogP contribution in [0.5, 0.6) is 5.75 Å². The van der Waals surface area contributed by atoms with E-state index in [0.29, 0.717) is 5.75 Å². The number of phenolic OH excluding ortho intramolecular Hbond substituents is 1. The molecule has 0 radical (unpaired) electrons. The second kappa shape index (κ2) is 2.88. The molecule has 0 heterocycles. The lowest BCUT2D eigenvalue weighted by atomic mass is 10.1. The fraction of sp³-hybridized carbons (Fsp3) is 0.333. The summed E-state index contributed by atoms with van der Waals surface area (Å²) in [6.07, 6.45) is 1.88. The van der Waals surface area contributed by atoms with Crippen molar-refractivity contribution in [1.29, 1.82) is 0 Å². The molecule has 0 aromatic heterocycles. The molecule has 0 saturated heterocycles. The van der Waals surface area contributed by atoms with E-state index in [0.717, 1.165) is 24.0 Å². The lowest BCUT2D eigenvalue weighted by molar-refractivity contribution is 0.469. The molecular formula is C9H10INO. The molecule has 3 N–H and O–H groups in total. The predicted molar refractivity (Wildman–Crippen MR) is 56.1 cm³/mol. The van der Waals surface area contributed by atoms with Crippen LogP contribution in [-0.2, 0) is 6.42 Å². The van der Waals surface area contributed by atoms with Crippen LogP contribution in [0.15, 0.2) is 12.1 Å². The van der Waals surface area contributed by atoms with E-state index in [9.17, 15) is 5.11 Å².